The van der Waals surface area contributed by atoms with Gasteiger partial charge in [-0.15, -0.1) is 11.3 Å². The van der Waals surface area contributed by atoms with Crippen LogP contribution in [0, 0.1) is 5.82 Å². The normalized spacial score (nSPS) is 10.6. The van der Waals surface area contributed by atoms with Crippen LogP contribution in [0.2, 0.25) is 0 Å². The van der Waals surface area contributed by atoms with Crippen LogP contribution in [0.25, 0.3) is 10.1 Å². The number of halogens is 1. The third-order valence-electron chi connectivity index (χ3n) is 1.89. The predicted molar refractivity (Wildman–Crippen MR) is 50.4 cm³/mol. The molecule has 0 saturated carbocycles. The van der Waals surface area contributed by atoms with Crippen molar-refractivity contribution < 1.29 is 19.4 Å². The zero-order chi connectivity index (χ0) is 10.3. The molecule has 0 amide bonds. The summed E-state index contributed by atoms with van der Waals surface area (Å²) in [4.78, 5) is 10.6. The molecule has 14 heavy (non-hydrogen) atoms. The molecule has 3 nitrogen and oxygen atoms in total. The Bertz CT molecular complexity index is 518. The van der Waals surface area contributed by atoms with Gasteiger partial charge in [-0.25, -0.2) is 9.18 Å². The molecule has 2 rings (SSSR count). The van der Waals surface area contributed by atoms with E-state index in [0.29, 0.717) is 5.39 Å². The average molecular weight is 212 g/mol. The summed E-state index contributed by atoms with van der Waals surface area (Å²) in [5.74, 6) is -3.00. The summed E-state index contributed by atoms with van der Waals surface area (Å²) in [5.41, 5.74) is -0.409. The van der Waals surface area contributed by atoms with E-state index in [-0.39, 0.29) is 4.70 Å². The van der Waals surface area contributed by atoms with Crippen LogP contribution in [0.1, 0.15) is 10.4 Å². The number of hydrogen-bond acceptors (Lipinski definition) is 3. The summed E-state index contributed by atoms with van der Waals surface area (Å²) < 4.78 is 13.6. The third-order valence-corrected chi connectivity index (χ3v) is 2.81. The molecular formula is C9H5FO3S. The van der Waals surface area contributed by atoms with Crippen LogP contribution in [0.15, 0.2) is 17.5 Å². The summed E-state index contributed by atoms with van der Waals surface area (Å²) in [6.07, 6.45) is 0. The quantitative estimate of drug-likeness (QED) is 0.763. The highest BCUT2D eigenvalue weighted by Gasteiger charge is 2.17. The lowest BCUT2D eigenvalue weighted by Crippen LogP contribution is -1.98. The lowest BCUT2D eigenvalue weighted by molar-refractivity contribution is 0.0693. The molecule has 0 spiro atoms. The number of thiophene rings is 1. The molecule has 0 fully saturated rings. The molecular weight excluding hydrogens is 207 g/mol. The van der Waals surface area contributed by atoms with Crippen molar-refractivity contribution in [3.05, 3.63) is 28.9 Å². The smallest absolute Gasteiger partial charge is 0.339 e. The number of carboxylic acids is 1. The Morgan fingerprint density at radius 1 is 1.50 bits per heavy atom. The Balaban J connectivity index is 2.87. The van der Waals surface area contributed by atoms with E-state index in [0.717, 1.165) is 11.3 Å². The van der Waals surface area contributed by atoms with Gasteiger partial charge in [-0.1, -0.05) is 0 Å². The van der Waals surface area contributed by atoms with Crippen LogP contribution in [0.3, 0.4) is 0 Å². The molecule has 0 aliphatic rings. The minimum atomic E-state index is -1.34. The molecule has 1 heterocycles. The number of carbonyl (C=O) groups is 1. The minimum Gasteiger partial charge on any atom is -0.504 e. The number of benzene rings is 1. The van der Waals surface area contributed by atoms with E-state index >= 15 is 0 Å². The van der Waals surface area contributed by atoms with Crippen molar-refractivity contribution in [2.75, 3.05) is 0 Å². The number of carboxylic acid groups (broad SMARTS) is 1. The number of phenols is 1. The highest BCUT2D eigenvalue weighted by atomic mass is 32.1. The zero-order valence-electron chi connectivity index (χ0n) is 6.82. The molecule has 0 aliphatic heterocycles. The van der Waals surface area contributed by atoms with Crippen molar-refractivity contribution in [3.8, 4) is 5.75 Å². The Morgan fingerprint density at radius 3 is 2.86 bits per heavy atom. The van der Waals surface area contributed by atoms with Crippen molar-refractivity contribution in [3.63, 3.8) is 0 Å². The monoisotopic (exact) mass is 212 g/mol. The number of rotatable bonds is 1. The maximum atomic E-state index is 13.3. The molecule has 2 aromatic rings. The molecule has 1 aromatic carbocycles. The first-order chi connectivity index (χ1) is 6.61. The van der Waals surface area contributed by atoms with Crippen LogP contribution in [-0.2, 0) is 0 Å². The molecule has 0 aliphatic carbocycles. The van der Waals surface area contributed by atoms with Gasteiger partial charge in [0.1, 0.15) is 5.56 Å². The van der Waals surface area contributed by atoms with Gasteiger partial charge in [0.2, 0.25) is 0 Å². The lowest BCUT2D eigenvalue weighted by Gasteiger charge is -2.01. The topological polar surface area (TPSA) is 57.5 Å². The standard InChI is InChI=1S/C9H5FO3S/c10-6-7(11)5(9(12)13)3-4-1-2-14-8(4)6/h1-3,11H,(H,12,13). The highest BCUT2D eigenvalue weighted by Crippen LogP contribution is 2.32. The number of aromatic carboxylic acids is 1. The van der Waals surface area contributed by atoms with Crippen molar-refractivity contribution >= 4 is 27.4 Å². The molecule has 5 heteroatoms. The molecule has 0 bridgehead atoms. The Morgan fingerprint density at radius 2 is 2.21 bits per heavy atom. The summed E-state index contributed by atoms with van der Waals surface area (Å²) in [6, 6.07) is 2.86. The van der Waals surface area contributed by atoms with Crippen LogP contribution < -0.4 is 0 Å². The van der Waals surface area contributed by atoms with E-state index in [9.17, 15) is 14.3 Å². The Labute approximate surface area is 82.0 Å². The third kappa shape index (κ3) is 1.13. The van der Waals surface area contributed by atoms with Gasteiger partial charge in [0.15, 0.2) is 11.6 Å². The van der Waals surface area contributed by atoms with Gasteiger partial charge in [0.05, 0.1) is 4.70 Å². The summed E-state index contributed by atoms with van der Waals surface area (Å²) >= 11 is 1.12. The lowest BCUT2D eigenvalue weighted by atomic mass is 10.1. The predicted octanol–water partition coefficient (Wildman–Crippen LogP) is 2.44. The second-order valence-electron chi connectivity index (χ2n) is 2.73. The molecule has 0 saturated heterocycles. The Hall–Kier alpha value is -1.62. The van der Waals surface area contributed by atoms with E-state index in [1.807, 2.05) is 0 Å². The fraction of sp³-hybridized carbons (Fsp3) is 0. The molecule has 72 valence electrons. The summed E-state index contributed by atoms with van der Waals surface area (Å²) in [6.45, 7) is 0. The molecule has 1 aromatic heterocycles. The Kier molecular flexibility index (Phi) is 1.89. The number of aromatic hydroxyl groups is 1. The molecule has 0 atom stereocenters. The van der Waals surface area contributed by atoms with Crippen LogP contribution in [-0.4, -0.2) is 16.2 Å². The van der Waals surface area contributed by atoms with Crippen LogP contribution >= 0.6 is 11.3 Å². The van der Waals surface area contributed by atoms with Crippen molar-refractivity contribution in [2.24, 2.45) is 0 Å². The van der Waals surface area contributed by atoms with E-state index in [2.05, 4.69) is 0 Å². The summed E-state index contributed by atoms with van der Waals surface area (Å²) in [5, 5.41) is 20.0. The van der Waals surface area contributed by atoms with E-state index in [4.69, 9.17) is 5.11 Å². The highest BCUT2D eigenvalue weighted by molar-refractivity contribution is 7.17. The van der Waals surface area contributed by atoms with Crippen molar-refractivity contribution in [2.45, 2.75) is 0 Å². The first-order valence-electron chi connectivity index (χ1n) is 3.73. The van der Waals surface area contributed by atoms with Gasteiger partial charge >= 0.3 is 5.97 Å². The average Bonchev–Trinajstić information content (AvgIpc) is 2.58. The maximum Gasteiger partial charge on any atom is 0.339 e. The van der Waals surface area contributed by atoms with Gasteiger partial charge in [0.25, 0.3) is 0 Å². The van der Waals surface area contributed by atoms with Crippen molar-refractivity contribution in [1.29, 1.82) is 0 Å². The van der Waals surface area contributed by atoms with Gasteiger partial charge in [0, 0.05) is 0 Å². The molecule has 0 unspecified atom stereocenters. The maximum absolute atomic E-state index is 13.3. The first-order valence-corrected chi connectivity index (χ1v) is 4.61. The second kappa shape index (κ2) is 2.95. The van der Waals surface area contributed by atoms with Crippen LogP contribution in [0.5, 0.6) is 5.75 Å². The van der Waals surface area contributed by atoms with Crippen molar-refractivity contribution in [1.82, 2.24) is 0 Å². The largest absolute Gasteiger partial charge is 0.504 e. The first kappa shape index (κ1) is 8.96. The SMILES string of the molecule is O=C(O)c1cc2ccsc2c(F)c1O. The van der Waals surface area contributed by atoms with Gasteiger partial charge < -0.3 is 10.2 Å². The van der Waals surface area contributed by atoms with Gasteiger partial charge in [-0.2, -0.15) is 0 Å². The zero-order valence-corrected chi connectivity index (χ0v) is 7.64. The van der Waals surface area contributed by atoms with Gasteiger partial charge in [-0.05, 0) is 22.9 Å². The number of hydrogen-bond donors (Lipinski definition) is 2. The molecule has 0 radical (unpaired) electrons. The van der Waals surface area contributed by atoms with E-state index < -0.39 is 23.1 Å². The number of fused-ring (bicyclic) bond motifs is 1. The van der Waals surface area contributed by atoms with E-state index in [1.165, 1.54) is 6.07 Å². The second-order valence-corrected chi connectivity index (χ2v) is 3.65. The summed E-state index contributed by atoms with van der Waals surface area (Å²) in [7, 11) is 0. The molecule has 2 N–H and O–H groups in total. The van der Waals surface area contributed by atoms with E-state index in [1.54, 1.807) is 11.4 Å². The minimum absolute atomic E-state index is 0.271. The van der Waals surface area contributed by atoms with Crippen LogP contribution in [0.4, 0.5) is 4.39 Å². The van der Waals surface area contributed by atoms with Gasteiger partial charge in [-0.3, -0.25) is 0 Å². The fourth-order valence-electron chi connectivity index (χ4n) is 1.22. The fourth-order valence-corrected chi connectivity index (χ4v) is 2.04.